The van der Waals surface area contributed by atoms with E-state index in [1.165, 1.54) is 12.0 Å². The fourth-order valence-corrected chi connectivity index (χ4v) is 3.06. The number of para-hydroxylation sites is 1. The van der Waals surface area contributed by atoms with Gasteiger partial charge in [-0.3, -0.25) is 4.79 Å². The summed E-state index contributed by atoms with van der Waals surface area (Å²) in [5.74, 6) is 1.05. The summed E-state index contributed by atoms with van der Waals surface area (Å²) in [6.45, 7) is 8.01. The maximum absolute atomic E-state index is 11.7. The van der Waals surface area contributed by atoms with Crippen molar-refractivity contribution >= 4 is 5.97 Å². The molecule has 2 atom stereocenters. The van der Waals surface area contributed by atoms with Crippen LogP contribution in [0.25, 0.3) is 0 Å². The molecule has 1 aliphatic rings. The molecule has 0 saturated heterocycles. The Morgan fingerprint density at radius 3 is 2.55 bits per heavy atom. The third-order valence-electron chi connectivity index (χ3n) is 4.01. The second-order valence-electron chi connectivity index (χ2n) is 7.03. The van der Waals surface area contributed by atoms with E-state index in [2.05, 4.69) is 26.8 Å². The van der Waals surface area contributed by atoms with Crippen LogP contribution < -0.4 is 4.74 Å². The van der Waals surface area contributed by atoms with Crippen LogP contribution in [0.1, 0.15) is 71.3 Å². The number of esters is 1. The molecule has 22 heavy (non-hydrogen) atoms. The van der Waals surface area contributed by atoms with E-state index >= 15 is 0 Å². The highest BCUT2D eigenvalue weighted by Crippen LogP contribution is 2.40. The van der Waals surface area contributed by atoms with E-state index in [1.807, 2.05) is 25.1 Å². The van der Waals surface area contributed by atoms with Crippen molar-refractivity contribution in [2.75, 3.05) is 0 Å². The van der Waals surface area contributed by atoms with Gasteiger partial charge >= 0.3 is 5.97 Å². The topological polar surface area (TPSA) is 35.5 Å². The Labute approximate surface area is 134 Å². The first-order chi connectivity index (χ1) is 10.4. The van der Waals surface area contributed by atoms with Gasteiger partial charge in [-0.25, -0.2) is 0 Å². The maximum atomic E-state index is 11.7. The zero-order valence-corrected chi connectivity index (χ0v) is 14.2. The van der Waals surface area contributed by atoms with Crippen LogP contribution in [-0.2, 0) is 9.53 Å². The van der Waals surface area contributed by atoms with Gasteiger partial charge < -0.3 is 9.47 Å². The predicted octanol–water partition coefficient (Wildman–Crippen LogP) is 4.84. The van der Waals surface area contributed by atoms with E-state index in [0.717, 1.165) is 25.0 Å². The largest absolute Gasteiger partial charge is 0.488 e. The molecule has 0 heterocycles. The quantitative estimate of drug-likeness (QED) is 0.746. The number of hydrogen-bond donors (Lipinski definition) is 0. The first kappa shape index (κ1) is 16.9. The Morgan fingerprint density at radius 1 is 1.18 bits per heavy atom. The molecule has 0 radical (unpaired) electrons. The summed E-state index contributed by atoms with van der Waals surface area (Å²) >= 11 is 0. The number of carbonyl (C=O) groups is 1. The van der Waals surface area contributed by atoms with Gasteiger partial charge in [-0.1, -0.05) is 31.5 Å². The Bertz CT molecular complexity index is 502. The van der Waals surface area contributed by atoms with E-state index in [0.29, 0.717) is 6.42 Å². The van der Waals surface area contributed by atoms with Gasteiger partial charge in [-0.15, -0.1) is 0 Å². The molecule has 0 bridgehead atoms. The highest BCUT2D eigenvalue weighted by molar-refractivity contribution is 5.69. The third kappa shape index (κ3) is 4.49. The minimum absolute atomic E-state index is 0.0223. The molecule has 1 saturated carbocycles. The van der Waals surface area contributed by atoms with Crippen molar-refractivity contribution in [1.82, 2.24) is 0 Å². The van der Waals surface area contributed by atoms with E-state index in [4.69, 9.17) is 9.47 Å². The molecule has 0 amide bonds. The van der Waals surface area contributed by atoms with Crippen molar-refractivity contribution in [2.24, 2.45) is 0 Å². The summed E-state index contributed by atoms with van der Waals surface area (Å²) in [5.41, 5.74) is 0.936. The highest BCUT2D eigenvalue weighted by Gasteiger charge is 2.31. The van der Waals surface area contributed by atoms with Crippen LogP contribution >= 0.6 is 0 Å². The number of carbonyl (C=O) groups excluding carboxylic acids is 1. The molecule has 2 rings (SSSR count). The monoisotopic (exact) mass is 304 g/mol. The van der Waals surface area contributed by atoms with Crippen LogP contribution in [0.5, 0.6) is 5.75 Å². The lowest BCUT2D eigenvalue weighted by Gasteiger charge is -2.33. The Balaban J connectivity index is 2.25. The molecule has 0 spiro atoms. The molecule has 3 nitrogen and oxygen atoms in total. The van der Waals surface area contributed by atoms with Crippen LogP contribution in [0.15, 0.2) is 24.3 Å². The second-order valence-corrected chi connectivity index (χ2v) is 7.03. The lowest BCUT2D eigenvalue weighted by Crippen LogP contribution is -2.30. The zero-order valence-electron chi connectivity index (χ0n) is 14.2. The Kier molecular flexibility index (Phi) is 5.49. The van der Waals surface area contributed by atoms with Gasteiger partial charge in [0.25, 0.3) is 0 Å². The second kappa shape index (κ2) is 7.17. The van der Waals surface area contributed by atoms with Crippen molar-refractivity contribution < 1.29 is 14.3 Å². The van der Waals surface area contributed by atoms with Crippen molar-refractivity contribution in [1.29, 1.82) is 0 Å². The van der Waals surface area contributed by atoms with Gasteiger partial charge in [0.15, 0.2) is 0 Å². The van der Waals surface area contributed by atoms with Crippen molar-refractivity contribution in [3.05, 3.63) is 29.8 Å². The highest BCUT2D eigenvalue weighted by atomic mass is 16.5. The normalized spacial score (nSPS) is 22.2. The fourth-order valence-electron chi connectivity index (χ4n) is 3.06. The van der Waals surface area contributed by atoms with Crippen LogP contribution in [0.4, 0.5) is 0 Å². The van der Waals surface area contributed by atoms with Crippen molar-refractivity contribution in [3.8, 4) is 5.75 Å². The number of rotatable bonds is 4. The maximum Gasteiger partial charge on any atom is 0.305 e. The summed E-state index contributed by atoms with van der Waals surface area (Å²) in [4.78, 5) is 11.7. The summed E-state index contributed by atoms with van der Waals surface area (Å²) in [5, 5.41) is 0. The predicted molar refractivity (Wildman–Crippen MR) is 88.2 cm³/mol. The number of hydrogen-bond acceptors (Lipinski definition) is 3. The number of ether oxygens (including phenoxy) is 2. The summed E-state index contributed by atoms with van der Waals surface area (Å²) in [7, 11) is 0. The molecule has 0 aliphatic heterocycles. The molecule has 122 valence electrons. The SMILES string of the molecule is CCC(=O)O[C@H]1CCCC[C@@H]1c1ccccc1OC(C)(C)C. The zero-order chi connectivity index (χ0) is 16.2. The third-order valence-corrected chi connectivity index (χ3v) is 4.01. The van der Waals surface area contributed by atoms with Gasteiger partial charge in [-0.05, 0) is 46.1 Å². The van der Waals surface area contributed by atoms with Crippen molar-refractivity contribution in [2.45, 2.75) is 77.4 Å². The van der Waals surface area contributed by atoms with Crippen LogP contribution in [-0.4, -0.2) is 17.7 Å². The van der Waals surface area contributed by atoms with Gasteiger partial charge in [-0.2, -0.15) is 0 Å². The molecular weight excluding hydrogens is 276 g/mol. The molecule has 1 aromatic carbocycles. The smallest absolute Gasteiger partial charge is 0.305 e. The van der Waals surface area contributed by atoms with Gasteiger partial charge in [0.2, 0.25) is 0 Å². The Hall–Kier alpha value is -1.51. The first-order valence-electron chi connectivity index (χ1n) is 8.38. The van der Waals surface area contributed by atoms with Crippen molar-refractivity contribution in [3.63, 3.8) is 0 Å². The molecule has 0 N–H and O–H groups in total. The fraction of sp³-hybridized carbons (Fsp3) is 0.632. The molecule has 3 heteroatoms. The molecule has 0 unspecified atom stereocenters. The lowest BCUT2D eigenvalue weighted by atomic mass is 9.81. The minimum Gasteiger partial charge on any atom is -0.488 e. The van der Waals surface area contributed by atoms with E-state index in [-0.39, 0.29) is 23.6 Å². The van der Waals surface area contributed by atoms with Crippen LogP contribution in [0.2, 0.25) is 0 Å². The first-order valence-corrected chi connectivity index (χ1v) is 8.38. The summed E-state index contributed by atoms with van der Waals surface area (Å²) in [6, 6.07) is 8.18. The van der Waals surface area contributed by atoms with Gasteiger partial charge in [0, 0.05) is 17.9 Å². The van der Waals surface area contributed by atoms with E-state index < -0.39 is 0 Å². The molecular formula is C19H28O3. The summed E-state index contributed by atoms with van der Waals surface area (Å²) < 4.78 is 11.8. The lowest BCUT2D eigenvalue weighted by molar-refractivity contribution is -0.151. The molecule has 1 aromatic rings. The average molecular weight is 304 g/mol. The van der Waals surface area contributed by atoms with E-state index in [1.54, 1.807) is 0 Å². The average Bonchev–Trinajstić information content (AvgIpc) is 2.47. The van der Waals surface area contributed by atoms with Gasteiger partial charge in [0.1, 0.15) is 17.5 Å². The molecule has 1 fully saturated rings. The standard InChI is InChI=1S/C19H28O3/c1-5-18(20)21-16-12-8-6-10-14(16)15-11-7-9-13-17(15)22-19(2,3)4/h7,9,11,13-14,16H,5-6,8,10,12H2,1-4H3/t14-,16+/m1/s1. The van der Waals surface area contributed by atoms with Crippen LogP contribution in [0, 0.1) is 0 Å². The molecule has 0 aromatic heterocycles. The number of benzene rings is 1. The van der Waals surface area contributed by atoms with Gasteiger partial charge in [0.05, 0.1) is 0 Å². The summed E-state index contributed by atoms with van der Waals surface area (Å²) in [6.07, 6.45) is 4.70. The van der Waals surface area contributed by atoms with E-state index in [9.17, 15) is 4.79 Å². The minimum atomic E-state index is -0.236. The Morgan fingerprint density at radius 2 is 1.86 bits per heavy atom. The van der Waals surface area contributed by atoms with Crippen LogP contribution in [0.3, 0.4) is 0 Å². The molecule has 1 aliphatic carbocycles.